The molecule has 0 saturated carbocycles. The number of imidazole rings is 1. The quantitative estimate of drug-likeness (QED) is 0.694. The maximum absolute atomic E-state index is 10.7. The highest BCUT2D eigenvalue weighted by Crippen LogP contribution is 2.26. The Morgan fingerprint density at radius 2 is 1.67 bits per heavy atom. The van der Waals surface area contributed by atoms with E-state index in [-0.39, 0.29) is 12.0 Å². The van der Waals surface area contributed by atoms with E-state index < -0.39 is 5.97 Å². The van der Waals surface area contributed by atoms with Gasteiger partial charge in [-0.25, -0.2) is 4.98 Å². The molecule has 3 N–H and O–H groups in total. The standard InChI is InChI=1S/C22H25N3O2/c1-22(2,23)18-11-9-16(10-12-18)19-14-25(3)21(24-19)17-7-4-15(5-8-17)6-13-20(26)27/h4-5,7-12,14H,6,13,23H2,1-3H3,(H,26,27). The Kier molecular flexibility index (Phi) is 5.15. The van der Waals surface area contributed by atoms with E-state index in [4.69, 9.17) is 15.8 Å². The minimum Gasteiger partial charge on any atom is -0.481 e. The van der Waals surface area contributed by atoms with Gasteiger partial charge in [0.2, 0.25) is 0 Å². The van der Waals surface area contributed by atoms with Crippen LogP contribution >= 0.6 is 0 Å². The van der Waals surface area contributed by atoms with Crippen LogP contribution in [0.15, 0.2) is 54.7 Å². The minimum absolute atomic E-state index is 0.140. The largest absolute Gasteiger partial charge is 0.481 e. The van der Waals surface area contributed by atoms with Crippen LogP contribution in [0.1, 0.15) is 31.4 Å². The van der Waals surface area contributed by atoms with Gasteiger partial charge in [0, 0.05) is 36.3 Å². The van der Waals surface area contributed by atoms with Crippen molar-refractivity contribution in [2.75, 3.05) is 0 Å². The molecule has 0 bridgehead atoms. The number of carboxylic acid groups (broad SMARTS) is 1. The third-order valence-electron chi connectivity index (χ3n) is 4.64. The Labute approximate surface area is 159 Å². The van der Waals surface area contributed by atoms with Gasteiger partial charge in [0.05, 0.1) is 5.69 Å². The van der Waals surface area contributed by atoms with E-state index in [1.165, 1.54) is 0 Å². The summed E-state index contributed by atoms with van der Waals surface area (Å²) >= 11 is 0. The highest BCUT2D eigenvalue weighted by Gasteiger charge is 2.15. The van der Waals surface area contributed by atoms with Crippen LogP contribution in [0.5, 0.6) is 0 Å². The second kappa shape index (κ2) is 7.37. The molecule has 0 aliphatic heterocycles. The van der Waals surface area contributed by atoms with E-state index in [0.717, 1.165) is 33.8 Å². The van der Waals surface area contributed by atoms with Crippen molar-refractivity contribution in [2.45, 2.75) is 32.2 Å². The number of hydrogen-bond donors (Lipinski definition) is 2. The lowest BCUT2D eigenvalue weighted by Gasteiger charge is -2.19. The Bertz CT molecular complexity index is 933. The van der Waals surface area contributed by atoms with Gasteiger partial charge in [-0.15, -0.1) is 0 Å². The predicted octanol–water partition coefficient (Wildman–Crippen LogP) is 3.97. The number of benzene rings is 2. The highest BCUT2D eigenvalue weighted by atomic mass is 16.4. The average Bonchev–Trinajstić information content (AvgIpc) is 3.01. The van der Waals surface area contributed by atoms with E-state index >= 15 is 0 Å². The molecule has 5 heteroatoms. The molecule has 2 aromatic carbocycles. The smallest absolute Gasteiger partial charge is 0.303 e. The Morgan fingerprint density at radius 1 is 1.07 bits per heavy atom. The molecule has 0 saturated heterocycles. The molecular formula is C22H25N3O2. The number of nitrogens with zero attached hydrogens (tertiary/aromatic N) is 2. The predicted molar refractivity (Wildman–Crippen MR) is 107 cm³/mol. The lowest BCUT2D eigenvalue weighted by molar-refractivity contribution is -0.136. The van der Waals surface area contributed by atoms with E-state index in [9.17, 15) is 4.79 Å². The molecular weight excluding hydrogens is 338 g/mol. The van der Waals surface area contributed by atoms with Crippen molar-refractivity contribution in [1.29, 1.82) is 0 Å². The van der Waals surface area contributed by atoms with Crippen LogP contribution in [0.4, 0.5) is 0 Å². The first kappa shape index (κ1) is 18.9. The molecule has 140 valence electrons. The van der Waals surface area contributed by atoms with Crippen molar-refractivity contribution >= 4 is 5.97 Å². The molecule has 3 rings (SSSR count). The normalized spacial score (nSPS) is 11.6. The van der Waals surface area contributed by atoms with Crippen molar-refractivity contribution in [3.8, 4) is 22.6 Å². The van der Waals surface area contributed by atoms with Crippen LogP contribution in [0.2, 0.25) is 0 Å². The molecule has 0 unspecified atom stereocenters. The summed E-state index contributed by atoms with van der Waals surface area (Å²) in [6.45, 7) is 3.97. The topological polar surface area (TPSA) is 81.1 Å². The second-order valence-electron chi connectivity index (χ2n) is 7.45. The molecule has 1 aromatic heterocycles. The number of nitrogens with two attached hydrogens (primary N) is 1. The summed E-state index contributed by atoms with van der Waals surface area (Å²) in [5.41, 5.74) is 10.8. The lowest BCUT2D eigenvalue weighted by atomic mass is 9.94. The van der Waals surface area contributed by atoms with Gasteiger partial charge >= 0.3 is 5.97 Å². The van der Waals surface area contributed by atoms with Gasteiger partial charge in [-0.05, 0) is 31.4 Å². The Hall–Kier alpha value is -2.92. The van der Waals surface area contributed by atoms with Gasteiger partial charge in [0.15, 0.2) is 0 Å². The van der Waals surface area contributed by atoms with Crippen LogP contribution in [0, 0.1) is 0 Å². The number of rotatable bonds is 6. The number of aryl methyl sites for hydroxylation is 2. The number of hydrogen-bond acceptors (Lipinski definition) is 3. The zero-order valence-corrected chi connectivity index (χ0v) is 15.9. The fourth-order valence-corrected chi connectivity index (χ4v) is 3.02. The number of carboxylic acids is 1. The maximum Gasteiger partial charge on any atom is 0.303 e. The number of aromatic nitrogens is 2. The van der Waals surface area contributed by atoms with Crippen LogP contribution in [0.3, 0.4) is 0 Å². The Morgan fingerprint density at radius 3 is 2.22 bits per heavy atom. The molecule has 5 nitrogen and oxygen atoms in total. The number of aliphatic carboxylic acids is 1. The minimum atomic E-state index is -0.781. The summed E-state index contributed by atoms with van der Waals surface area (Å²) in [5.74, 6) is 0.0925. The van der Waals surface area contributed by atoms with Crippen LogP contribution < -0.4 is 5.73 Å². The van der Waals surface area contributed by atoms with E-state index in [1.807, 2.05) is 80.2 Å². The Balaban J connectivity index is 1.83. The van der Waals surface area contributed by atoms with Gasteiger partial charge < -0.3 is 15.4 Å². The van der Waals surface area contributed by atoms with Crippen LogP contribution in [0.25, 0.3) is 22.6 Å². The molecule has 0 spiro atoms. The summed E-state index contributed by atoms with van der Waals surface area (Å²) in [6, 6.07) is 16.1. The molecule has 0 aliphatic carbocycles. The van der Waals surface area contributed by atoms with E-state index in [2.05, 4.69) is 0 Å². The van der Waals surface area contributed by atoms with Crippen molar-refractivity contribution < 1.29 is 9.90 Å². The molecule has 3 aromatic rings. The summed E-state index contributed by atoms with van der Waals surface area (Å²) in [6.07, 6.45) is 2.68. The molecule has 27 heavy (non-hydrogen) atoms. The summed E-state index contributed by atoms with van der Waals surface area (Å²) < 4.78 is 2.00. The molecule has 0 amide bonds. The summed E-state index contributed by atoms with van der Waals surface area (Å²) in [4.78, 5) is 15.5. The van der Waals surface area contributed by atoms with Crippen LogP contribution in [-0.4, -0.2) is 20.6 Å². The SMILES string of the molecule is Cn1cc(-c2ccc(C(C)(C)N)cc2)nc1-c1ccc(CCC(=O)O)cc1. The van der Waals surface area contributed by atoms with Gasteiger partial charge in [-0.2, -0.15) is 0 Å². The van der Waals surface area contributed by atoms with E-state index in [0.29, 0.717) is 6.42 Å². The molecule has 0 fully saturated rings. The molecule has 0 atom stereocenters. The van der Waals surface area contributed by atoms with E-state index in [1.54, 1.807) is 0 Å². The van der Waals surface area contributed by atoms with Gasteiger partial charge in [-0.3, -0.25) is 4.79 Å². The fraction of sp³-hybridized carbons (Fsp3) is 0.273. The monoisotopic (exact) mass is 363 g/mol. The molecule has 0 radical (unpaired) electrons. The lowest BCUT2D eigenvalue weighted by Crippen LogP contribution is -2.28. The zero-order valence-electron chi connectivity index (χ0n) is 15.9. The van der Waals surface area contributed by atoms with Crippen molar-refractivity contribution in [3.63, 3.8) is 0 Å². The second-order valence-corrected chi connectivity index (χ2v) is 7.45. The van der Waals surface area contributed by atoms with Crippen molar-refractivity contribution in [2.24, 2.45) is 12.8 Å². The zero-order chi connectivity index (χ0) is 19.6. The van der Waals surface area contributed by atoms with Gasteiger partial charge in [0.25, 0.3) is 0 Å². The first-order valence-corrected chi connectivity index (χ1v) is 8.98. The molecule has 1 heterocycles. The highest BCUT2D eigenvalue weighted by molar-refractivity contribution is 5.67. The molecule has 0 aliphatic rings. The van der Waals surface area contributed by atoms with Crippen molar-refractivity contribution in [3.05, 3.63) is 65.9 Å². The number of carbonyl (C=O) groups is 1. The third-order valence-corrected chi connectivity index (χ3v) is 4.64. The average molecular weight is 363 g/mol. The van der Waals surface area contributed by atoms with Gasteiger partial charge in [0.1, 0.15) is 5.82 Å². The third kappa shape index (κ3) is 4.44. The van der Waals surface area contributed by atoms with Gasteiger partial charge in [-0.1, -0.05) is 48.5 Å². The summed E-state index contributed by atoms with van der Waals surface area (Å²) in [5, 5.41) is 8.80. The van der Waals surface area contributed by atoms with Crippen molar-refractivity contribution in [1.82, 2.24) is 9.55 Å². The van der Waals surface area contributed by atoms with Crippen LogP contribution in [-0.2, 0) is 23.8 Å². The fourth-order valence-electron chi connectivity index (χ4n) is 3.02. The summed E-state index contributed by atoms with van der Waals surface area (Å²) in [7, 11) is 1.97. The first-order chi connectivity index (χ1) is 12.7. The maximum atomic E-state index is 10.7. The first-order valence-electron chi connectivity index (χ1n) is 8.98.